The number of carbonyl (C=O) groups excluding carboxylic acids is 4. The molecule has 15 heteroatoms. The quantitative estimate of drug-likeness (QED) is 0.0863. The predicted octanol–water partition coefficient (Wildman–Crippen LogP) is -2.49. The number of rotatable bonds is 7. The Balaban J connectivity index is 2.01. The molecule has 0 radical (unpaired) electrons. The lowest BCUT2D eigenvalue weighted by Gasteiger charge is -2.61. The van der Waals surface area contributed by atoms with Crippen LogP contribution in [0.3, 0.4) is 0 Å². The number of aliphatic imine (C=N–C) groups is 1. The van der Waals surface area contributed by atoms with Crippen molar-refractivity contribution in [3.63, 3.8) is 0 Å². The fraction of sp³-hybridized carbons (Fsp3) is 0.739. The molecule has 0 aromatic heterocycles. The molecule has 1 unspecified atom stereocenters. The van der Waals surface area contributed by atoms with Crippen LogP contribution in [-0.4, -0.2) is 99.8 Å². The molecule has 3 aliphatic heterocycles. The van der Waals surface area contributed by atoms with E-state index >= 15 is 0 Å². The molecule has 3 saturated heterocycles. The average Bonchev–Trinajstić information content (AvgIpc) is 3.15. The highest BCUT2D eigenvalue weighted by atomic mass is 16.7. The van der Waals surface area contributed by atoms with Crippen LogP contribution in [0.1, 0.15) is 53.9 Å². The first-order valence-corrected chi connectivity index (χ1v) is 12.4. The summed E-state index contributed by atoms with van der Waals surface area (Å²) in [5.41, 5.74) is 7.67. The number of carboxylic acids is 1. The largest absolute Gasteiger partial charge is 0.481 e. The van der Waals surface area contributed by atoms with Gasteiger partial charge in [-0.05, 0) is 47.5 Å². The Hall–Kier alpha value is -3.46. The van der Waals surface area contributed by atoms with E-state index in [9.17, 15) is 29.1 Å². The smallest absolute Gasteiger partial charge is 0.305 e. The number of ether oxygens (including phenoxy) is 2. The molecule has 0 aliphatic carbocycles. The van der Waals surface area contributed by atoms with Gasteiger partial charge >= 0.3 is 5.97 Å². The lowest BCUT2D eigenvalue weighted by atomic mass is 9.73. The molecule has 3 rings (SSSR count). The van der Waals surface area contributed by atoms with Crippen molar-refractivity contribution in [3.05, 3.63) is 0 Å². The molecular weight excluding hydrogens is 502 g/mol. The predicted molar refractivity (Wildman–Crippen MR) is 132 cm³/mol. The first kappa shape index (κ1) is 29.1. The van der Waals surface area contributed by atoms with E-state index < -0.39 is 77.1 Å². The van der Waals surface area contributed by atoms with E-state index in [1.54, 1.807) is 13.8 Å². The molecule has 8 N–H and O–H groups in total. The molecule has 212 valence electrons. The molecule has 0 saturated carbocycles. The number of carboxylic acid groups (broad SMARTS) is 1. The minimum Gasteiger partial charge on any atom is -0.481 e. The Kier molecular flexibility index (Phi) is 7.94. The molecule has 4 amide bonds. The molecule has 3 aliphatic rings. The van der Waals surface area contributed by atoms with Gasteiger partial charge in [-0.1, -0.05) is 0 Å². The Bertz CT molecular complexity index is 1040. The maximum Gasteiger partial charge on any atom is 0.305 e. The van der Waals surface area contributed by atoms with E-state index in [-0.39, 0.29) is 32.0 Å². The van der Waals surface area contributed by atoms with Crippen molar-refractivity contribution in [2.24, 2.45) is 16.5 Å². The summed E-state index contributed by atoms with van der Waals surface area (Å²) in [5, 5.41) is 17.1. The van der Waals surface area contributed by atoms with Gasteiger partial charge in [0.05, 0.1) is 19.1 Å². The summed E-state index contributed by atoms with van der Waals surface area (Å²) in [4.78, 5) is 70.2. The highest BCUT2D eigenvalue weighted by Gasteiger charge is 2.68. The number of β-lactam (4-membered cyclic amide) rings is 1. The molecule has 0 aromatic rings. The second kappa shape index (κ2) is 10.4. The van der Waals surface area contributed by atoms with Crippen molar-refractivity contribution in [2.45, 2.75) is 95.0 Å². The minimum absolute atomic E-state index is 0.0781. The highest BCUT2D eigenvalue weighted by molar-refractivity contribution is 6.04. The molecule has 5 atom stereocenters. The van der Waals surface area contributed by atoms with Crippen LogP contribution in [0.25, 0.3) is 0 Å². The number of aliphatic carboxylic acids is 1. The standard InChI is InChI=1S/C23H37N7O8/c1-21(2)18(35)28-11(7-6-8-26-20(24)25)16(33)27-12(9-14(31)32)17(34)29-23(5)15(30(21)19(23)36)13-10-37-22(3,4)38-13/h11-13,15H,6-10H2,1-5H3,(H,27,33)(H,28,35)(H,29,34)(H,31,32)(H4,24,25,26)/t11-,12-,13-,15?,23+/m0/s1. The van der Waals surface area contributed by atoms with Gasteiger partial charge in [0.2, 0.25) is 17.7 Å². The summed E-state index contributed by atoms with van der Waals surface area (Å²) >= 11 is 0. The monoisotopic (exact) mass is 539 g/mol. The van der Waals surface area contributed by atoms with Gasteiger partial charge in [0.1, 0.15) is 29.3 Å². The van der Waals surface area contributed by atoms with Gasteiger partial charge in [-0.15, -0.1) is 0 Å². The van der Waals surface area contributed by atoms with Crippen molar-refractivity contribution in [2.75, 3.05) is 13.2 Å². The summed E-state index contributed by atoms with van der Waals surface area (Å²) in [6.45, 7) is 8.21. The summed E-state index contributed by atoms with van der Waals surface area (Å²) < 4.78 is 11.7. The average molecular weight is 540 g/mol. The Morgan fingerprint density at radius 3 is 2.29 bits per heavy atom. The second-order valence-corrected chi connectivity index (χ2v) is 10.9. The maximum atomic E-state index is 13.6. The molecule has 3 fully saturated rings. The van der Waals surface area contributed by atoms with E-state index in [0.717, 1.165) is 0 Å². The number of fused-ring (bicyclic) bond motifs is 2. The lowest BCUT2D eigenvalue weighted by molar-refractivity contribution is -0.199. The lowest BCUT2D eigenvalue weighted by Crippen LogP contribution is -2.87. The van der Waals surface area contributed by atoms with Crippen LogP contribution in [0, 0.1) is 0 Å². The van der Waals surface area contributed by atoms with E-state index in [4.69, 9.17) is 20.9 Å². The van der Waals surface area contributed by atoms with Crippen LogP contribution in [0.15, 0.2) is 4.99 Å². The van der Waals surface area contributed by atoms with Gasteiger partial charge in [-0.2, -0.15) is 0 Å². The molecular formula is C23H37N7O8. The summed E-state index contributed by atoms with van der Waals surface area (Å²) in [6.07, 6.45) is -1.08. The third kappa shape index (κ3) is 5.67. The van der Waals surface area contributed by atoms with E-state index in [0.29, 0.717) is 0 Å². The fourth-order valence-corrected chi connectivity index (χ4v) is 5.05. The topological polar surface area (TPSA) is 228 Å². The van der Waals surface area contributed by atoms with Crippen molar-refractivity contribution in [1.82, 2.24) is 20.9 Å². The Labute approximate surface area is 220 Å². The van der Waals surface area contributed by atoms with Crippen LogP contribution < -0.4 is 27.4 Å². The van der Waals surface area contributed by atoms with Crippen LogP contribution >= 0.6 is 0 Å². The zero-order valence-electron chi connectivity index (χ0n) is 22.2. The van der Waals surface area contributed by atoms with E-state index in [1.807, 2.05) is 0 Å². The van der Waals surface area contributed by atoms with Gasteiger partial charge in [0, 0.05) is 6.54 Å². The van der Waals surface area contributed by atoms with E-state index in [2.05, 4.69) is 20.9 Å². The highest BCUT2D eigenvalue weighted by Crippen LogP contribution is 2.43. The zero-order valence-corrected chi connectivity index (χ0v) is 22.2. The van der Waals surface area contributed by atoms with Gasteiger partial charge in [0.15, 0.2) is 11.7 Å². The normalized spacial score (nSPS) is 32.6. The molecule has 0 aromatic carbocycles. The first-order valence-electron chi connectivity index (χ1n) is 12.4. The summed E-state index contributed by atoms with van der Waals surface area (Å²) in [6, 6.07) is -3.51. The van der Waals surface area contributed by atoms with Crippen molar-refractivity contribution >= 4 is 35.6 Å². The number of hydrogen-bond acceptors (Lipinski definition) is 8. The van der Waals surface area contributed by atoms with Gasteiger partial charge < -0.3 is 46.9 Å². The molecule has 0 spiro atoms. The first-order chi connectivity index (χ1) is 17.5. The van der Waals surface area contributed by atoms with Gasteiger partial charge in [-0.3, -0.25) is 29.0 Å². The van der Waals surface area contributed by atoms with Gasteiger partial charge in [-0.25, -0.2) is 0 Å². The van der Waals surface area contributed by atoms with Crippen LogP contribution in [0.4, 0.5) is 0 Å². The summed E-state index contributed by atoms with van der Waals surface area (Å²) in [7, 11) is 0. The molecule has 2 bridgehead atoms. The number of hydrogen-bond donors (Lipinski definition) is 6. The minimum atomic E-state index is -1.55. The number of guanidine groups is 1. The number of nitrogens with one attached hydrogen (secondary N) is 3. The van der Waals surface area contributed by atoms with Crippen molar-refractivity contribution in [3.8, 4) is 0 Å². The van der Waals surface area contributed by atoms with E-state index in [1.165, 1.54) is 25.7 Å². The number of amides is 4. The number of carbonyl (C=O) groups is 5. The maximum absolute atomic E-state index is 13.6. The summed E-state index contributed by atoms with van der Waals surface area (Å²) in [5.74, 6) is -5.24. The third-order valence-corrected chi connectivity index (χ3v) is 7.03. The third-order valence-electron chi connectivity index (χ3n) is 7.03. The SMILES string of the molecule is CC1(C)OC[C@@H](C2N3C(=O)[C@]2(C)NC(=O)[C@H](CC(=O)O)NC(=O)[C@H](CCCN=C(N)N)NC(=O)C3(C)C)O1. The van der Waals surface area contributed by atoms with Crippen molar-refractivity contribution in [1.29, 1.82) is 0 Å². The molecule has 15 nitrogen and oxygen atoms in total. The van der Waals surface area contributed by atoms with Crippen LogP contribution in [0.5, 0.6) is 0 Å². The Morgan fingerprint density at radius 1 is 1.08 bits per heavy atom. The van der Waals surface area contributed by atoms with Crippen LogP contribution in [0.2, 0.25) is 0 Å². The number of nitrogens with zero attached hydrogens (tertiary/aromatic N) is 2. The fourth-order valence-electron chi connectivity index (χ4n) is 5.05. The number of nitrogens with two attached hydrogens (primary N) is 2. The van der Waals surface area contributed by atoms with Gasteiger partial charge in [0.25, 0.3) is 5.91 Å². The second-order valence-electron chi connectivity index (χ2n) is 10.9. The van der Waals surface area contributed by atoms with Crippen molar-refractivity contribution < 1.29 is 38.6 Å². The molecule has 3 heterocycles. The molecule has 38 heavy (non-hydrogen) atoms. The zero-order chi connectivity index (χ0) is 28.6. The Morgan fingerprint density at radius 2 is 1.74 bits per heavy atom. The van der Waals surface area contributed by atoms with Crippen LogP contribution in [-0.2, 0) is 33.4 Å².